The van der Waals surface area contributed by atoms with Gasteiger partial charge in [0.1, 0.15) is 0 Å². The summed E-state index contributed by atoms with van der Waals surface area (Å²) in [6, 6.07) is 9.70. The van der Waals surface area contributed by atoms with Crippen LogP contribution in [0, 0.1) is 11.8 Å². The predicted octanol–water partition coefficient (Wildman–Crippen LogP) is 3.85. The van der Waals surface area contributed by atoms with E-state index >= 15 is 0 Å². The van der Waals surface area contributed by atoms with E-state index in [9.17, 15) is 0 Å². The zero-order chi connectivity index (χ0) is 14.7. The number of nitrogens with zero attached hydrogens (tertiary/aromatic N) is 1. The highest BCUT2D eigenvalue weighted by molar-refractivity contribution is 5.57. The van der Waals surface area contributed by atoms with Crippen molar-refractivity contribution in [1.82, 2.24) is 5.32 Å². The second kappa shape index (κ2) is 6.83. The highest BCUT2D eigenvalue weighted by Crippen LogP contribution is 2.35. The van der Waals surface area contributed by atoms with Gasteiger partial charge in [0.2, 0.25) is 0 Å². The molecule has 21 heavy (non-hydrogen) atoms. The summed E-state index contributed by atoms with van der Waals surface area (Å²) in [5.74, 6) is 1.76. The van der Waals surface area contributed by atoms with Crippen molar-refractivity contribution >= 4 is 5.69 Å². The molecule has 1 aromatic carbocycles. The van der Waals surface area contributed by atoms with Crippen LogP contribution in [-0.4, -0.2) is 25.7 Å². The van der Waals surface area contributed by atoms with Gasteiger partial charge in [0.25, 0.3) is 0 Å². The fraction of sp³-hybridized carbons (Fsp3) is 0.684. The normalized spacial score (nSPS) is 28.7. The molecule has 1 aliphatic heterocycles. The van der Waals surface area contributed by atoms with Gasteiger partial charge in [0.05, 0.1) is 0 Å². The van der Waals surface area contributed by atoms with Gasteiger partial charge >= 0.3 is 0 Å². The van der Waals surface area contributed by atoms with Crippen molar-refractivity contribution in [2.45, 2.75) is 52.0 Å². The average molecular weight is 286 g/mol. The summed E-state index contributed by atoms with van der Waals surface area (Å²) in [6.07, 6.45) is 6.78. The maximum absolute atomic E-state index is 3.75. The molecule has 2 heteroatoms. The first kappa shape index (κ1) is 14.9. The molecule has 2 aliphatic rings. The van der Waals surface area contributed by atoms with Gasteiger partial charge in [-0.1, -0.05) is 38.5 Å². The van der Waals surface area contributed by atoms with Gasteiger partial charge < -0.3 is 10.2 Å². The number of para-hydroxylation sites is 1. The zero-order valence-corrected chi connectivity index (χ0v) is 13.6. The van der Waals surface area contributed by atoms with Gasteiger partial charge in [0.15, 0.2) is 0 Å². The summed E-state index contributed by atoms with van der Waals surface area (Å²) >= 11 is 0. The third-order valence-electron chi connectivity index (χ3n) is 5.57. The second-order valence-electron chi connectivity index (χ2n) is 6.84. The van der Waals surface area contributed by atoms with E-state index in [1.165, 1.54) is 50.9 Å². The van der Waals surface area contributed by atoms with Crippen molar-refractivity contribution in [1.29, 1.82) is 0 Å². The third kappa shape index (κ3) is 3.26. The molecular weight excluding hydrogens is 256 g/mol. The minimum absolute atomic E-state index is 0.727. The van der Waals surface area contributed by atoms with Gasteiger partial charge in [-0.05, 0) is 55.7 Å². The Morgan fingerprint density at radius 1 is 1.19 bits per heavy atom. The number of benzene rings is 1. The van der Waals surface area contributed by atoms with Crippen LogP contribution in [0.3, 0.4) is 0 Å². The zero-order valence-electron chi connectivity index (χ0n) is 13.6. The molecule has 0 bridgehead atoms. The summed E-state index contributed by atoms with van der Waals surface area (Å²) in [7, 11) is 0. The second-order valence-corrected chi connectivity index (χ2v) is 6.84. The Kier molecular flexibility index (Phi) is 4.84. The summed E-state index contributed by atoms with van der Waals surface area (Å²) < 4.78 is 0. The number of anilines is 1. The first-order valence-electron chi connectivity index (χ1n) is 8.88. The first-order valence-corrected chi connectivity index (χ1v) is 8.88. The smallest absolute Gasteiger partial charge is 0.0399 e. The Balaban J connectivity index is 1.69. The van der Waals surface area contributed by atoms with Crippen LogP contribution < -0.4 is 10.2 Å². The molecule has 1 aliphatic carbocycles. The molecule has 116 valence electrons. The van der Waals surface area contributed by atoms with E-state index in [4.69, 9.17) is 0 Å². The largest absolute Gasteiger partial charge is 0.371 e. The minimum atomic E-state index is 0.727. The monoisotopic (exact) mass is 286 g/mol. The Labute approximate surface area is 129 Å². The van der Waals surface area contributed by atoms with Crippen LogP contribution in [0.25, 0.3) is 0 Å². The lowest BCUT2D eigenvalue weighted by Crippen LogP contribution is -2.45. The van der Waals surface area contributed by atoms with Crippen molar-refractivity contribution in [3.05, 3.63) is 29.8 Å². The lowest BCUT2D eigenvalue weighted by atomic mass is 9.76. The number of hydrogen-bond donors (Lipinski definition) is 1. The van der Waals surface area contributed by atoms with E-state index in [0.717, 1.165) is 24.4 Å². The van der Waals surface area contributed by atoms with Gasteiger partial charge in [0, 0.05) is 24.8 Å². The molecule has 1 saturated carbocycles. The van der Waals surface area contributed by atoms with Crippen molar-refractivity contribution in [3.8, 4) is 0 Å². The molecule has 0 aromatic heterocycles. The molecule has 1 N–H and O–H groups in total. The number of hydrogen-bond acceptors (Lipinski definition) is 2. The molecular formula is C19H30N2. The Morgan fingerprint density at radius 3 is 2.86 bits per heavy atom. The quantitative estimate of drug-likeness (QED) is 0.884. The molecule has 3 unspecified atom stereocenters. The first-order chi connectivity index (χ1) is 10.3. The predicted molar refractivity (Wildman–Crippen MR) is 90.9 cm³/mol. The van der Waals surface area contributed by atoms with E-state index in [2.05, 4.69) is 48.3 Å². The van der Waals surface area contributed by atoms with Crippen molar-refractivity contribution < 1.29 is 0 Å². The van der Waals surface area contributed by atoms with Gasteiger partial charge in [-0.3, -0.25) is 0 Å². The van der Waals surface area contributed by atoms with Crippen molar-refractivity contribution in [2.75, 3.05) is 24.5 Å². The van der Waals surface area contributed by atoms with E-state index in [-0.39, 0.29) is 0 Å². The molecule has 0 spiro atoms. The van der Waals surface area contributed by atoms with Crippen LogP contribution in [-0.2, 0) is 6.42 Å². The summed E-state index contributed by atoms with van der Waals surface area (Å²) in [5, 5.41) is 3.75. The highest BCUT2D eigenvalue weighted by atomic mass is 15.2. The van der Waals surface area contributed by atoms with E-state index in [0.29, 0.717) is 0 Å². The molecule has 0 radical (unpaired) electrons. The third-order valence-corrected chi connectivity index (χ3v) is 5.57. The summed E-state index contributed by atoms with van der Waals surface area (Å²) in [6.45, 7) is 8.17. The topological polar surface area (TPSA) is 15.3 Å². The molecule has 1 heterocycles. The van der Waals surface area contributed by atoms with E-state index in [1.54, 1.807) is 5.56 Å². The molecule has 2 nitrogen and oxygen atoms in total. The maximum atomic E-state index is 3.75. The number of fused-ring (bicyclic) bond motifs is 1. The fourth-order valence-electron chi connectivity index (χ4n) is 4.34. The van der Waals surface area contributed by atoms with Crippen LogP contribution in [0.2, 0.25) is 0 Å². The van der Waals surface area contributed by atoms with Crippen molar-refractivity contribution in [2.24, 2.45) is 11.8 Å². The van der Waals surface area contributed by atoms with Crippen LogP contribution in [0.4, 0.5) is 5.69 Å². The van der Waals surface area contributed by atoms with Gasteiger partial charge in [-0.25, -0.2) is 0 Å². The molecule has 3 rings (SSSR count). The Morgan fingerprint density at radius 2 is 2.05 bits per heavy atom. The molecule has 3 atom stereocenters. The van der Waals surface area contributed by atoms with Crippen LogP contribution in [0.5, 0.6) is 0 Å². The summed E-state index contributed by atoms with van der Waals surface area (Å²) in [4.78, 5) is 2.64. The number of nitrogens with one attached hydrogen (secondary N) is 1. The SMILES string of the molecule is CCNC1CCC(CC)CC1CN1CCc2ccccc21. The van der Waals surface area contributed by atoms with Crippen LogP contribution >= 0.6 is 0 Å². The highest BCUT2D eigenvalue weighted by Gasteiger charge is 2.32. The molecule has 1 aromatic rings. The molecule has 1 fully saturated rings. The lowest BCUT2D eigenvalue weighted by molar-refractivity contribution is 0.204. The Bertz CT molecular complexity index is 457. The molecule has 0 saturated heterocycles. The standard InChI is InChI=1S/C19H30N2/c1-3-15-9-10-18(20-4-2)17(13-15)14-21-12-11-16-7-5-6-8-19(16)21/h5-8,15,17-18,20H,3-4,9-14H2,1-2H3. The molecule has 0 amide bonds. The van der Waals surface area contributed by atoms with Gasteiger partial charge in [-0.2, -0.15) is 0 Å². The Hall–Kier alpha value is -1.02. The van der Waals surface area contributed by atoms with Crippen LogP contribution in [0.1, 0.15) is 45.1 Å². The lowest BCUT2D eigenvalue weighted by Gasteiger charge is -2.39. The summed E-state index contributed by atoms with van der Waals surface area (Å²) in [5.41, 5.74) is 3.03. The van der Waals surface area contributed by atoms with E-state index < -0.39 is 0 Å². The van der Waals surface area contributed by atoms with Gasteiger partial charge in [-0.15, -0.1) is 0 Å². The average Bonchev–Trinajstić information content (AvgIpc) is 2.92. The number of rotatable bonds is 5. The van der Waals surface area contributed by atoms with Crippen molar-refractivity contribution in [3.63, 3.8) is 0 Å². The fourth-order valence-corrected chi connectivity index (χ4v) is 4.34. The maximum Gasteiger partial charge on any atom is 0.0399 e. The van der Waals surface area contributed by atoms with E-state index in [1.807, 2.05) is 0 Å². The minimum Gasteiger partial charge on any atom is -0.371 e. The van der Waals surface area contributed by atoms with Crippen LogP contribution in [0.15, 0.2) is 24.3 Å².